The summed E-state index contributed by atoms with van der Waals surface area (Å²) < 4.78 is 11.2. The van der Waals surface area contributed by atoms with Crippen molar-refractivity contribution in [3.8, 4) is 11.5 Å². The fourth-order valence-electron chi connectivity index (χ4n) is 3.97. The van der Waals surface area contributed by atoms with E-state index in [4.69, 9.17) is 33.3 Å². The van der Waals surface area contributed by atoms with E-state index in [1.165, 1.54) is 12.7 Å². The molecular formula is C27H28ClN3O3S. The molecule has 1 amide bonds. The lowest BCUT2D eigenvalue weighted by Gasteiger charge is -2.36. The SMILES string of the molecule is COc1cc(C(=S)N2CCN(Cc3ccccc3)CC2)cc(Cl)c1OCC(=O)Nc1ccccc1. The molecule has 1 fully saturated rings. The predicted molar refractivity (Wildman–Crippen MR) is 144 cm³/mol. The van der Waals surface area contributed by atoms with Crippen LogP contribution in [0.25, 0.3) is 0 Å². The van der Waals surface area contributed by atoms with Crippen molar-refractivity contribution >= 4 is 40.4 Å². The number of piperazine rings is 1. The maximum absolute atomic E-state index is 12.3. The third kappa shape index (κ3) is 6.72. The van der Waals surface area contributed by atoms with Gasteiger partial charge >= 0.3 is 0 Å². The van der Waals surface area contributed by atoms with E-state index >= 15 is 0 Å². The fraction of sp³-hybridized carbons (Fsp3) is 0.259. The number of methoxy groups -OCH3 is 1. The highest BCUT2D eigenvalue weighted by atomic mass is 35.5. The van der Waals surface area contributed by atoms with Gasteiger partial charge in [0.1, 0.15) is 4.99 Å². The van der Waals surface area contributed by atoms with Crippen LogP contribution in [0.3, 0.4) is 0 Å². The van der Waals surface area contributed by atoms with Crippen LogP contribution in [0.1, 0.15) is 11.1 Å². The van der Waals surface area contributed by atoms with Crippen LogP contribution in [0, 0.1) is 0 Å². The predicted octanol–water partition coefficient (Wildman–Crippen LogP) is 4.86. The Labute approximate surface area is 216 Å². The highest BCUT2D eigenvalue weighted by molar-refractivity contribution is 7.80. The quantitative estimate of drug-likeness (QED) is 0.438. The van der Waals surface area contributed by atoms with Crippen LogP contribution in [-0.4, -0.2) is 60.6 Å². The molecule has 0 aliphatic carbocycles. The van der Waals surface area contributed by atoms with Gasteiger partial charge in [0.2, 0.25) is 0 Å². The lowest BCUT2D eigenvalue weighted by Crippen LogP contribution is -2.48. The smallest absolute Gasteiger partial charge is 0.262 e. The Kier molecular flexibility index (Phi) is 8.58. The molecule has 1 saturated heterocycles. The Balaban J connectivity index is 1.35. The van der Waals surface area contributed by atoms with Crippen molar-refractivity contribution in [3.05, 3.63) is 88.9 Å². The summed E-state index contributed by atoms with van der Waals surface area (Å²) in [6.45, 7) is 4.27. The summed E-state index contributed by atoms with van der Waals surface area (Å²) in [4.78, 5) is 17.6. The van der Waals surface area contributed by atoms with Crippen molar-refractivity contribution < 1.29 is 14.3 Å². The molecule has 0 spiro atoms. The summed E-state index contributed by atoms with van der Waals surface area (Å²) in [6.07, 6.45) is 0. The van der Waals surface area contributed by atoms with Crippen molar-refractivity contribution in [1.29, 1.82) is 0 Å². The van der Waals surface area contributed by atoms with Crippen molar-refractivity contribution in [2.75, 3.05) is 45.2 Å². The summed E-state index contributed by atoms with van der Waals surface area (Å²) in [5.41, 5.74) is 2.80. The van der Waals surface area contributed by atoms with E-state index in [2.05, 4.69) is 39.4 Å². The maximum atomic E-state index is 12.3. The number of rotatable bonds is 8. The number of nitrogens with zero attached hydrogens (tertiary/aromatic N) is 2. The molecule has 6 nitrogen and oxygen atoms in total. The molecule has 1 N–H and O–H groups in total. The first-order valence-corrected chi connectivity index (χ1v) is 12.2. The Morgan fingerprint density at radius 1 is 1.00 bits per heavy atom. The van der Waals surface area contributed by atoms with Crippen LogP contribution in [0.4, 0.5) is 5.69 Å². The number of carbonyl (C=O) groups is 1. The van der Waals surface area contributed by atoms with Gasteiger partial charge in [-0.15, -0.1) is 0 Å². The van der Waals surface area contributed by atoms with E-state index < -0.39 is 0 Å². The van der Waals surface area contributed by atoms with Crippen LogP contribution in [-0.2, 0) is 11.3 Å². The summed E-state index contributed by atoms with van der Waals surface area (Å²) in [5, 5.41) is 3.13. The van der Waals surface area contributed by atoms with Crippen molar-refractivity contribution in [2.45, 2.75) is 6.54 Å². The number of halogens is 1. The van der Waals surface area contributed by atoms with E-state index in [1.54, 1.807) is 6.07 Å². The highest BCUT2D eigenvalue weighted by Gasteiger charge is 2.22. The van der Waals surface area contributed by atoms with Gasteiger partial charge in [-0.1, -0.05) is 72.3 Å². The zero-order valence-electron chi connectivity index (χ0n) is 19.6. The van der Waals surface area contributed by atoms with Gasteiger partial charge in [-0.3, -0.25) is 9.69 Å². The van der Waals surface area contributed by atoms with E-state index in [1.807, 2.05) is 42.5 Å². The molecule has 35 heavy (non-hydrogen) atoms. The zero-order chi connectivity index (χ0) is 24.6. The first kappa shape index (κ1) is 25.0. The third-order valence-electron chi connectivity index (χ3n) is 5.79. The molecule has 3 aromatic rings. The van der Waals surface area contributed by atoms with Crippen LogP contribution in [0.5, 0.6) is 11.5 Å². The molecule has 1 aliphatic rings. The summed E-state index contributed by atoms with van der Waals surface area (Å²) in [5.74, 6) is 0.462. The molecule has 0 unspecified atom stereocenters. The number of ether oxygens (including phenoxy) is 2. The van der Waals surface area contributed by atoms with Gasteiger partial charge in [0.15, 0.2) is 18.1 Å². The van der Waals surface area contributed by atoms with Crippen molar-refractivity contribution in [1.82, 2.24) is 9.80 Å². The van der Waals surface area contributed by atoms with Crippen molar-refractivity contribution in [2.24, 2.45) is 0 Å². The average Bonchev–Trinajstić information content (AvgIpc) is 2.89. The van der Waals surface area contributed by atoms with E-state index in [0.717, 1.165) is 43.3 Å². The lowest BCUT2D eigenvalue weighted by atomic mass is 10.1. The number of carbonyl (C=O) groups excluding carboxylic acids is 1. The molecule has 1 aliphatic heterocycles. The van der Waals surface area contributed by atoms with Gasteiger partial charge in [0.05, 0.1) is 12.1 Å². The maximum Gasteiger partial charge on any atom is 0.262 e. The highest BCUT2D eigenvalue weighted by Crippen LogP contribution is 2.37. The van der Waals surface area contributed by atoms with Gasteiger partial charge in [-0.25, -0.2) is 0 Å². The van der Waals surface area contributed by atoms with E-state index in [9.17, 15) is 4.79 Å². The number of para-hydroxylation sites is 1. The van der Waals surface area contributed by atoms with Gasteiger partial charge in [-0.2, -0.15) is 0 Å². The minimum atomic E-state index is -0.290. The molecule has 0 saturated carbocycles. The number of nitrogens with one attached hydrogen (secondary N) is 1. The molecule has 0 bridgehead atoms. The summed E-state index contributed by atoms with van der Waals surface area (Å²) in [7, 11) is 1.54. The van der Waals surface area contributed by atoms with E-state index in [0.29, 0.717) is 22.2 Å². The van der Waals surface area contributed by atoms with Gasteiger partial charge < -0.3 is 19.7 Å². The van der Waals surface area contributed by atoms with Crippen LogP contribution in [0.2, 0.25) is 5.02 Å². The molecule has 1 heterocycles. The second-order valence-electron chi connectivity index (χ2n) is 8.25. The van der Waals surface area contributed by atoms with Gasteiger partial charge in [0.25, 0.3) is 5.91 Å². The largest absolute Gasteiger partial charge is 0.493 e. The normalized spacial score (nSPS) is 13.8. The third-order valence-corrected chi connectivity index (χ3v) is 6.56. The van der Waals surface area contributed by atoms with Crippen LogP contribution >= 0.6 is 23.8 Å². The zero-order valence-corrected chi connectivity index (χ0v) is 21.1. The Morgan fingerprint density at radius 3 is 2.31 bits per heavy atom. The molecule has 3 aromatic carbocycles. The second-order valence-corrected chi connectivity index (χ2v) is 9.04. The molecule has 182 valence electrons. The number of benzene rings is 3. The van der Waals surface area contributed by atoms with Gasteiger partial charge in [0, 0.05) is 44.0 Å². The van der Waals surface area contributed by atoms with Crippen molar-refractivity contribution in [3.63, 3.8) is 0 Å². The molecule has 0 atom stereocenters. The average molecular weight is 510 g/mol. The second kappa shape index (κ2) is 12.0. The van der Waals surface area contributed by atoms with Crippen LogP contribution < -0.4 is 14.8 Å². The van der Waals surface area contributed by atoms with E-state index in [-0.39, 0.29) is 12.5 Å². The number of hydrogen-bond donors (Lipinski definition) is 1. The standard InChI is InChI=1S/C27H28ClN3O3S/c1-33-24-17-21(16-23(28)26(24)34-19-25(32)29-22-10-6-3-7-11-22)27(35)31-14-12-30(13-15-31)18-20-8-4-2-5-9-20/h2-11,16-17H,12-15,18-19H2,1H3,(H,29,32). The first-order chi connectivity index (χ1) is 17.0. The molecule has 0 aromatic heterocycles. The summed E-state index contributed by atoms with van der Waals surface area (Å²) >= 11 is 12.3. The minimum Gasteiger partial charge on any atom is -0.493 e. The Morgan fingerprint density at radius 2 is 1.66 bits per heavy atom. The number of thiocarbonyl (C=S) groups is 1. The number of anilines is 1. The molecule has 4 rings (SSSR count). The van der Waals surface area contributed by atoms with Crippen LogP contribution in [0.15, 0.2) is 72.8 Å². The van der Waals surface area contributed by atoms with Gasteiger partial charge in [-0.05, 0) is 29.8 Å². The molecular weight excluding hydrogens is 482 g/mol. The Bertz CT molecular complexity index is 1150. The topological polar surface area (TPSA) is 54.0 Å². The monoisotopic (exact) mass is 509 g/mol. The molecule has 0 radical (unpaired) electrons. The fourth-order valence-corrected chi connectivity index (χ4v) is 4.54. The Hall–Kier alpha value is -3.13. The lowest BCUT2D eigenvalue weighted by molar-refractivity contribution is -0.118. The number of hydrogen-bond acceptors (Lipinski definition) is 5. The first-order valence-electron chi connectivity index (χ1n) is 11.4. The molecule has 8 heteroatoms. The number of amides is 1. The minimum absolute atomic E-state index is 0.196. The summed E-state index contributed by atoms with van der Waals surface area (Å²) in [6, 6.07) is 23.3.